The van der Waals surface area contributed by atoms with Gasteiger partial charge in [-0.3, -0.25) is 4.98 Å². The number of fused-ring (bicyclic) bond motifs is 1. The van der Waals surface area contributed by atoms with E-state index in [0.29, 0.717) is 17.6 Å². The Hall–Kier alpha value is -1.43. The molecule has 88 valence electrons. The van der Waals surface area contributed by atoms with E-state index in [9.17, 15) is 10.0 Å². The number of aromatic nitrogens is 1. The van der Waals surface area contributed by atoms with Gasteiger partial charge >= 0.3 is 7.12 Å². The number of pyridine rings is 1. The van der Waals surface area contributed by atoms with Crippen LogP contribution in [-0.4, -0.2) is 29.3 Å². The van der Waals surface area contributed by atoms with Crippen molar-refractivity contribution >= 4 is 23.5 Å². The lowest BCUT2D eigenvalue weighted by atomic mass is 9.78. The summed E-state index contributed by atoms with van der Waals surface area (Å²) in [5.41, 5.74) is 2.98. The standard InChI is InChI=1S/C12H14BNO3/c1-8-3-10-5-9(7-17-2)6-14-12(10)11(4-8)13(15)16/h3-6,15-16H,7H2,1-2H3. The molecule has 0 amide bonds. The van der Waals surface area contributed by atoms with Crippen LogP contribution in [0.4, 0.5) is 0 Å². The molecule has 0 radical (unpaired) electrons. The zero-order valence-corrected chi connectivity index (χ0v) is 9.84. The van der Waals surface area contributed by atoms with Crippen LogP contribution in [0.1, 0.15) is 11.1 Å². The van der Waals surface area contributed by atoms with Gasteiger partial charge in [0.05, 0.1) is 12.1 Å². The second-order valence-corrected chi connectivity index (χ2v) is 4.08. The lowest BCUT2D eigenvalue weighted by Gasteiger charge is -2.08. The van der Waals surface area contributed by atoms with E-state index in [0.717, 1.165) is 16.5 Å². The number of methoxy groups -OCH3 is 1. The summed E-state index contributed by atoms with van der Waals surface area (Å²) in [4.78, 5) is 4.26. The van der Waals surface area contributed by atoms with E-state index < -0.39 is 7.12 Å². The predicted molar refractivity (Wildman–Crippen MR) is 67.0 cm³/mol. The fourth-order valence-corrected chi connectivity index (χ4v) is 1.92. The van der Waals surface area contributed by atoms with Crippen molar-refractivity contribution in [2.24, 2.45) is 0 Å². The second-order valence-electron chi connectivity index (χ2n) is 4.08. The van der Waals surface area contributed by atoms with Crippen molar-refractivity contribution in [2.45, 2.75) is 13.5 Å². The minimum atomic E-state index is -1.50. The Balaban J connectivity index is 2.62. The number of hydrogen-bond donors (Lipinski definition) is 2. The molecule has 0 saturated carbocycles. The van der Waals surface area contributed by atoms with E-state index in [-0.39, 0.29) is 0 Å². The fraction of sp³-hybridized carbons (Fsp3) is 0.250. The highest BCUT2D eigenvalue weighted by Gasteiger charge is 2.16. The van der Waals surface area contributed by atoms with Crippen LogP contribution in [-0.2, 0) is 11.3 Å². The van der Waals surface area contributed by atoms with Gasteiger partial charge in [0.15, 0.2) is 0 Å². The summed E-state index contributed by atoms with van der Waals surface area (Å²) in [6.07, 6.45) is 1.69. The zero-order chi connectivity index (χ0) is 12.4. The molecule has 0 fully saturated rings. The van der Waals surface area contributed by atoms with Crippen LogP contribution in [0.3, 0.4) is 0 Å². The molecule has 2 aromatic rings. The summed E-state index contributed by atoms with van der Waals surface area (Å²) in [6, 6.07) is 5.65. The van der Waals surface area contributed by atoms with Crippen LogP contribution >= 0.6 is 0 Å². The minimum absolute atomic E-state index is 0.434. The molecule has 0 spiro atoms. The third-order valence-electron chi connectivity index (χ3n) is 2.60. The molecule has 0 unspecified atom stereocenters. The Morgan fingerprint density at radius 2 is 2.06 bits per heavy atom. The largest absolute Gasteiger partial charge is 0.490 e. The molecule has 2 rings (SSSR count). The van der Waals surface area contributed by atoms with Crippen molar-refractivity contribution in [3.05, 3.63) is 35.5 Å². The number of hydrogen-bond acceptors (Lipinski definition) is 4. The lowest BCUT2D eigenvalue weighted by molar-refractivity contribution is 0.185. The van der Waals surface area contributed by atoms with Gasteiger partial charge in [0.2, 0.25) is 0 Å². The summed E-state index contributed by atoms with van der Waals surface area (Å²) in [7, 11) is 0.127. The first-order chi connectivity index (χ1) is 8.11. The smallest absolute Gasteiger partial charge is 0.423 e. The van der Waals surface area contributed by atoms with Crippen molar-refractivity contribution in [2.75, 3.05) is 7.11 Å². The first-order valence-electron chi connectivity index (χ1n) is 5.36. The monoisotopic (exact) mass is 231 g/mol. The number of benzene rings is 1. The molecule has 2 N–H and O–H groups in total. The topological polar surface area (TPSA) is 62.6 Å². The molecule has 1 aromatic heterocycles. The van der Waals surface area contributed by atoms with Crippen molar-refractivity contribution in [1.82, 2.24) is 4.98 Å². The van der Waals surface area contributed by atoms with Gasteiger partial charge in [-0.2, -0.15) is 0 Å². The van der Waals surface area contributed by atoms with Gasteiger partial charge in [-0.25, -0.2) is 0 Å². The van der Waals surface area contributed by atoms with E-state index in [4.69, 9.17) is 4.74 Å². The molecule has 0 aliphatic rings. The van der Waals surface area contributed by atoms with Crippen LogP contribution in [0, 0.1) is 6.92 Å². The Kier molecular flexibility index (Phi) is 3.42. The van der Waals surface area contributed by atoms with E-state index in [1.54, 1.807) is 19.4 Å². The molecule has 5 heteroatoms. The maximum absolute atomic E-state index is 9.31. The Morgan fingerprint density at radius 1 is 1.29 bits per heavy atom. The molecule has 4 nitrogen and oxygen atoms in total. The Morgan fingerprint density at radius 3 is 2.71 bits per heavy atom. The maximum Gasteiger partial charge on any atom is 0.490 e. The molecule has 0 aliphatic heterocycles. The molecular formula is C12H14BNO3. The van der Waals surface area contributed by atoms with E-state index in [2.05, 4.69) is 4.98 Å². The molecule has 0 saturated heterocycles. The van der Waals surface area contributed by atoms with Crippen molar-refractivity contribution in [3.63, 3.8) is 0 Å². The first-order valence-corrected chi connectivity index (χ1v) is 5.36. The fourth-order valence-electron chi connectivity index (χ4n) is 1.92. The summed E-state index contributed by atoms with van der Waals surface area (Å²) in [5.74, 6) is 0. The van der Waals surface area contributed by atoms with Crippen molar-refractivity contribution in [1.29, 1.82) is 0 Å². The van der Waals surface area contributed by atoms with Gasteiger partial charge in [0, 0.05) is 24.2 Å². The van der Waals surface area contributed by atoms with E-state index in [1.807, 2.05) is 19.1 Å². The highest BCUT2D eigenvalue weighted by atomic mass is 16.5. The van der Waals surface area contributed by atoms with Gasteiger partial charge < -0.3 is 14.8 Å². The minimum Gasteiger partial charge on any atom is -0.423 e. The lowest BCUT2D eigenvalue weighted by Crippen LogP contribution is -2.31. The quantitative estimate of drug-likeness (QED) is 0.749. The summed E-state index contributed by atoms with van der Waals surface area (Å²) < 4.78 is 5.05. The number of nitrogens with zero attached hydrogens (tertiary/aromatic N) is 1. The van der Waals surface area contributed by atoms with E-state index in [1.165, 1.54) is 0 Å². The van der Waals surface area contributed by atoms with Crippen LogP contribution in [0.5, 0.6) is 0 Å². The molecule has 1 aromatic carbocycles. The Bertz CT molecular complexity index is 543. The molecule has 0 atom stereocenters. The average Bonchev–Trinajstić information content (AvgIpc) is 2.27. The van der Waals surface area contributed by atoms with E-state index >= 15 is 0 Å². The number of ether oxygens (including phenoxy) is 1. The van der Waals surface area contributed by atoms with Crippen LogP contribution in [0.2, 0.25) is 0 Å². The molecule has 17 heavy (non-hydrogen) atoms. The van der Waals surface area contributed by atoms with Crippen molar-refractivity contribution in [3.8, 4) is 0 Å². The van der Waals surface area contributed by atoms with Gasteiger partial charge in [0.25, 0.3) is 0 Å². The van der Waals surface area contributed by atoms with Crippen LogP contribution in [0.25, 0.3) is 10.9 Å². The molecular weight excluding hydrogens is 217 g/mol. The summed E-state index contributed by atoms with van der Waals surface area (Å²) >= 11 is 0. The number of rotatable bonds is 3. The normalized spacial score (nSPS) is 10.8. The van der Waals surface area contributed by atoms with Gasteiger partial charge in [0.1, 0.15) is 0 Å². The van der Waals surface area contributed by atoms with Crippen molar-refractivity contribution < 1.29 is 14.8 Å². The molecule has 1 heterocycles. The zero-order valence-electron chi connectivity index (χ0n) is 9.84. The maximum atomic E-state index is 9.31. The summed E-state index contributed by atoms with van der Waals surface area (Å²) in [5, 5.41) is 19.5. The molecule has 0 bridgehead atoms. The second kappa shape index (κ2) is 4.83. The predicted octanol–water partition coefficient (Wildman–Crippen LogP) is 0.369. The van der Waals surface area contributed by atoms with Gasteiger partial charge in [-0.1, -0.05) is 11.6 Å². The van der Waals surface area contributed by atoms with Crippen LogP contribution in [0.15, 0.2) is 24.4 Å². The van der Waals surface area contributed by atoms with Crippen LogP contribution < -0.4 is 5.46 Å². The Labute approximate surface area is 100 Å². The van der Waals surface area contributed by atoms with Gasteiger partial charge in [-0.15, -0.1) is 0 Å². The average molecular weight is 231 g/mol. The third kappa shape index (κ3) is 2.47. The highest BCUT2D eigenvalue weighted by Crippen LogP contribution is 2.14. The number of aryl methyl sites for hydroxylation is 1. The first kappa shape index (κ1) is 12.0. The third-order valence-corrected chi connectivity index (χ3v) is 2.60. The highest BCUT2D eigenvalue weighted by molar-refractivity contribution is 6.61. The van der Waals surface area contributed by atoms with Gasteiger partial charge in [-0.05, 0) is 24.6 Å². The molecule has 0 aliphatic carbocycles. The SMILES string of the molecule is COCc1cnc2c(B(O)O)cc(C)cc2c1. The summed E-state index contributed by atoms with van der Waals surface area (Å²) in [6.45, 7) is 2.40.